The van der Waals surface area contributed by atoms with E-state index in [1.54, 1.807) is 6.92 Å². The lowest BCUT2D eigenvalue weighted by atomic mass is 9.87. The quantitative estimate of drug-likeness (QED) is 0.606. The lowest BCUT2D eigenvalue weighted by Gasteiger charge is -2.17. The van der Waals surface area contributed by atoms with Gasteiger partial charge in [0, 0.05) is 6.42 Å². The Kier molecular flexibility index (Phi) is 5.44. The monoisotopic (exact) mass is 194 g/mol. The summed E-state index contributed by atoms with van der Waals surface area (Å²) in [6, 6.07) is 0. The van der Waals surface area contributed by atoms with Crippen LogP contribution in [0.3, 0.4) is 0 Å². The summed E-state index contributed by atoms with van der Waals surface area (Å²) in [5, 5.41) is 0. The molecule has 1 heteroatoms. The predicted molar refractivity (Wildman–Crippen MR) is 62.3 cm³/mol. The maximum Gasteiger partial charge on any atom is 0.130 e. The maximum atomic E-state index is 11.0. The molecule has 0 fully saturated rings. The minimum atomic E-state index is -0.0175. The van der Waals surface area contributed by atoms with Gasteiger partial charge < -0.3 is 0 Å². The molecule has 0 aliphatic carbocycles. The molecular formula is C13H22O. The fraction of sp³-hybridized carbons (Fsp3) is 0.615. The van der Waals surface area contributed by atoms with Gasteiger partial charge in [-0.3, -0.25) is 4.79 Å². The summed E-state index contributed by atoms with van der Waals surface area (Å²) >= 11 is 0. The van der Waals surface area contributed by atoms with Crippen LogP contribution in [-0.4, -0.2) is 5.78 Å². The van der Waals surface area contributed by atoms with E-state index in [9.17, 15) is 4.79 Å². The predicted octanol–water partition coefficient (Wildman–Crippen LogP) is 3.90. The molecule has 0 atom stereocenters. The molecule has 0 aliphatic heterocycles. The smallest absolute Gasteiger partial charge is 0.130 e. The molecule has 0 rings (SSSR count). The lowest BCUT2D eigenvalue weighted by molar-refractivity contribution is -0.118. The number of rotatable bonds is 5. The molecule has 0 amide bonds. The van der Waals surface area contributed by atoms with Gasteiger partial charge in [-0.15, -0.1) is 0 Å². The first-order chi connectivity index (χ1) is 6.37. The molecular weight excluding hydrogens is 172 g/mol. The number of carbonyl (C=O) groups excluding carboxylic acids is 1. The number of allylic oxidation sites excluding steroid dienone is 4. The van der Waals surface area contributed by atoms with Gasteiger partial charge in [-0.25, -0.2) is 0 Å². The Hall–Kier alpha value is -0.850. The molecule has 14 heavy (non-hydrogen) atoms. The van der Waals surface area contributed by atoms with Crippen LogP contribution < -0.4 is 0 Å². The lowest BCUT2D eigenvalue weighted by Crippen LogP contribution is -2.11. The molecule has 0 N–H and O–H groups in total. The van der Waals surface area contributed by atoms with Crippen molar-refractivity contribution in [2.75, 3.05) is 0 Å². The van der Waals surface area contributed by atoms with Gasteiger partial charge in [0.1, 0.15) is 5.78 Å². The summed E-state index contributed by atoms with van der Waals surface area (Å²) in [5.74, 6) is 0.246. The van der Waals surface area contributed by atoms with Gasteiger partial charge >= 0.3 is 0 Å². The summed E-state index contributed by atoms with van der Waals surface area (Å²) in [4.78, 5) is 11.0. The summed E-state index contributed by atoms with van der Waals surface area (Å²) in [6.45, 7) is 10.1. The SMILES string of the molecule is CCC(C)=CC=CC(C)(C)CC(C)=O. The van der Waals surface area contributed by atoms with E-state index >= 15 is 0 Å². The Bertz CT molecular complexity index is 244. The Balaban J connectivity index is 4.27. The first-order valence-corrected chi connectivity index (χ1v) is 5.22. The molecule has 0 aliphatic rings. The van der Waals surface area contributed by atoms with Crippen molar-refractivity contribution in [1.29, 1.82) is 0 Å². The van der Waals surface area contributed by atoms with Gasteiger partial charge in [0.05, 0.1) is 0 Å². The van der Waals surface area contributed by atoms with Gasteiger partial charge in [-0.2, -0.15) is 0 Å². The zero-order valence-electron chi connectivity index (χ0n) is 10.1. The second-order valence-corrected chi connectivity index (χ2v) is 4.59. The number of hydrogen-bond acceptors (Lipinski definition) is 1. The van der Waals surface area contributed by atoms with E-state index in [0.717, 1.165) is 6.42 Å². The molecule has 80 valence electrons. The molecule has 0 bridgehead atoms. The summed E-state index contributed by atoms with van der Waals surface area (Å²) in [5.41, 5.74) is 1.34. The maximum absolute atomic E-state index is 11.0. The molecule has 0 aromatic rings. The van der Waals surface area contributed by atoms with E-state index in [4.69, 9.17) is 0 Å². The van der Waals surface area contributed by atoms with Crippen LogP contribution in [0.4, 0.5) is 0 Å². The van der Waals surface area contributed by atoms with Crippen molar-refractivity contribution in [3.05, 3.63) is 23.8 Å². The van der Waals surface area contributed by atoms with Crippen molar-refractivity contribution >= 4 is 5.78 Å². The van der Waals surface area contributed by atoms with Crippen LogP contribution in [0.15, 0.2) is 23.8 Å². The molecule has 0 aromatic heterocycles. The van der Waals surface area contributed by atoms with E-state index in [2.05, 4.69) is 45.9 Å². The third kappa shape index (κ3) is 6.64. The second-order valence-electron chi connectivity index (χ2n) is 4.59. The van der Waals surface area contributed by atoms with Crippen molar-refractivity contribution in [1.82, 2.24) is 0 Å². The molecule has 0 unspecified atom stereocenters. The summed E-state index contributed by atoms with van der Waals surface area (Å²) in [7, 11) is 0. The zero-order chi connectivity index (χ0) is 11.2. The van der Waals surface area contributed by atoms with Crippen LogP contribution in [0.5, 0.6) is 0 Å². The van der Waals surface area contributed by atoms with Gasteiger partial charge in [-0.05, 0) is 25.7 Å². The third-order valence-electron chi connectivity index (χ3n) is 2.19. The molecule has 0 saturated carbocycles. The van der Waals surface area contributed by atoms with Crippen LogP contribution in [0.1, 0.15) is 47.5 Å². The van der Waals surface area contributed by atoms with Crippen LogP contribution in [0, 0.1) is 5.41 Å². The summed E-state index contributed by atoms with van der Waals surface area (Å²) in [6.07, 6.45) is 7.97. The Morgan fingerprint density at radius 3 is 2.29 bits per heavy atom. The van der Waals surface area contributed by atoms with E-state index in [0.29, 0.717) is 6.42 Å². The van der Waals surface area contributed by atoms with E-state index in [1.807, 2.05) is 0 Å². The first kappa shape index (κ1) is 13.2. The zero-order valence-corrected chi connectivity index (χ0v) is 10.1. The highest BCUT2D eigenvalue weighted by molar-refractivity contribution is 5.76. The normalized spacial score (nSPS) is 13.6. The van der Waals surface area contributed by atoms with Crippen LogP contribution in [-0.2, 0) is 4.79 Å². The van der Waals surface area contributed by atoms with Gasteiger partial charge in [0.2, 0.25) is 0 Å². The van der Waals surface area contributed by atoms with E-state index in [1.165, 1.54) is 5.57 Å². The minimum absolute atomic E-state index is 0.0175. The topological polar surface area (TPSA) is 17.1 Å². The number of Topliss-reactive ketones (excluding diaryl/α,β-unsaturated/α-hetero) is 1. The molecule has 1 nitrogen and oxygen atoms in total. The first-order valence-electron chi connectivity index (χ1n) is 5.22. The molecule has 0 saturated heterocycles. The average molecular weight is 194 g/mol. The largest absolute Gasteiger partial charge is 0.300 e. The van der Waals surface area contributed by atoms with Crippen molar-refractivity contribution in [3.63, 3.8) is 0 Å². The van der Waals surface area contributed by atoms with Gasteiger partial charge in [-0.1, -0.05) is 44.6 Å². The fourth-order valence-corrected chi connectivity index (χ4v) is 1.29. The molecule has 0 heterocycles. The molecule has 0 spiro atoms. The average Bonchev–Trinajstić information content (AvgIpc) is 2.01. The number of ketones is 1. The highest BCUT2D eigenvalue weighted by atomic mass is 16.1. The minimum Gasteiger partial charge on any atom is -0.300 e. The third-order valence-corrected chi connectivity index (χ3v) is 2.19. The molecule has 0 radical (unpaired) electrons. The highest BCUT2D eigenvalue weighted by Crippen LogP contribution is 2.22. The summed E-state index contributed by atoms with van der Waals surface area (Å²) < 4.78 is 0. The van der Waals surface area contributed by atoms with Crippen molar-refractivity contribution in [2.45, 2.75) is 47.5 Å². The highest BCUT2D eigenvalue weighted by Gasteiger charge is 2.15. The van der Waals surface area contributed by atoms with Crippen LogP contribution in [0.25, 0.3) is 0 Å². The Morgan fingerprint density at radius 2 is 1.86 bits per heavy atom. The Labute approximate surface area is 87.9 Å². The van der Waals surface area contributed by atoms with Crippen molar-refractivity contribution in [3.8, 4) is 0 Å². The number of carbonyl (C=O) groups is 1. The van der Waals surface area contributed by atoms with E-state index < -0.39 is 0 Å². The molecule has 0 aromatic carbocycles. The van der Waals surface area contributed by atoms with Gasteiger partial charge in [0.25, 0.3) is 0 Å². The standard InChI is InChI=1S/C13H22O/c1-6-11(2)8-7-9-13(4,5)10-12(3)14/h7-9H,6,10H2,1-5H3. The Morgan fingerprint density at radius 1 is 1.29 bits per heavy atom. The van der Waals surface area contributed by atoms with Crippen molar-refractivity contribution in [2.24, 2.45) is 5.41 Å². The van der Waals surface area contributed by atoms with E-state index in [-0.39, 0.29) is 11.2 Å². The second kappa shape index (κ2) is 5.79. The fourth-order valence-electron chi connectivity index (χ4n) is 1.29. The van der Waals surface area contributed by atoms with Crippen LogP contribution >= 0.6 is 0 Å². The van der Waals surface area contributed by atoms with Crippen LogP contribution in [0.2, 0.25) is 0 Å². The number of hydrogen-bond donors (Lipinski definition) is 0. The van der Waals surface area contributed by atoms with Gasteiger partial charge in [0.15, 0.2) is 0 Å². The van der Waals surface area contributed by atoms with Crippen molar-refractivity contribution < 1.29 is 4.79 Å².